The lowest BCUT2D eigenvalue weighted by molar-refractivity contribution is -0.116. The Kier molecular flexibility index (Phi) is 6.51. The molecule has 1 aromatic heterocycles. The minimum absolute atomic E-state index is 0.163. The van der Waals surface area contributed by atoms with Gasteiger partial charge in [-0.15, -0.1) is 0 Å². The summed E-state index contributed by atoms with van der Waals surface area (Å²) in [6.45, 7) is 1.41. The minimum atomic E-state index is -0.235. The number of oxazole rings is 1. The molecule has 150 valence electrons. The molecule has 0 saturated heterocycles. The Balaban J connectivity index is 1.63. The summed E-state index contributed by atoms with van der Waals surface area (Å²) in [5, 5.41) is 6.02. The highest BCUT2D eigenvalue weighted by molar-refractivity contribution is 6.33. The van der Waals surface area contributed by atoms with E-state index in [1.807, 2.05) is 18.2 Å². The van der Waals surface area contributed by atoms with Crippen LogP contribution in [0.4, 0.5) is 11.4 Å². The van der Waals surface area contributed by atoms with Crippen LogP contribution in [0.2, 0.25) is 5.02 Å². The molecule has 0 unspecified atom stereocenters. The molecule has 0 saturated carbocycles. The molecule has 0 atom stereocenters. The molecule has 0 radical (unpaired) electrons. The zero-order chi connectivity index (χ0) is 20.8. The number of halogens is 1. The molecule has 2 amide bonds. The number of aromatic nitrogens is 1. The zero-order valence-corrected chi connectivity index (χ0v) is 16.7. The van der Waals surface area contributed by atoms with Gasteiger partial charge in [0.2, 0.25) is 11.8 Å². The lowest BCUT2D eigenvalue weighted by Crippen LogP contribution is -2.14. The van der Waals surface area contributed by atoms with Gasteiger partial charge < -0.3 is 19.8 Å². The summed E-state index contributed by atoms with van der Waals surface area (Å²) >= 11 is 6.17. The zero-order valence-electron chi connectivity index (χ0n) is 16.0. The second-order valence-corrected chi connectivity index (χ2v) is 6.65. The van der Waals surface area contributed by atoms with Crippen LogP contribution < -0.4 is 15.4 Å². The van der Waals surface area contributed by atoms with Crippen molar-refractivity contribution in [3.05, 3.63) is 59.6 Å². The Morgan fingerprint density at radius 2 is 1.97 bits per heavy atom. The van der Waals surface area contributed by atoms with Crippen LogP contribution >= 0.6 is 11.6 Å². The van der Waals surface area contributed by atoms with Crippen molar-refractivity contribution in [2.24, 2.45) is 0 Å². The summed E-state index contributed by atoms with van der Waals surface area (Å²) in [7, 11) is 1.51. The molecule has 0 spiro atoms. The Morgan fingerprint density at radius 1 is 1.17 bits per heavy atom. The first-order chi connectivity index (χ1) is 14.0. The van der Waals surface area contributed by atoms with Crippen LogP contribution in [0.25, 0.3) is 11.3 Å². The third-order valence-electron chi connectivity index (χ3n) is 4.05. The molecule has 0 bridgehead atoms. The van der Waals surface area contributed by atoms with Gasteiger partial charge in [-0.3, -0.25) is 9.59 Å². The number of ether oxygens (including phenoxy) is 1. The van der Waals surface area contributed by atoms with Gasteiger partial charge in [-0.1, -0.05) is 23.7 Å². The van der Waals surface area contributed by atoms with E-state index in [2.05, 4.69) is 15.6 Å². The van der Waals surface area contributed by atoms with Gasteiger partial charge in [-0.05, 0) is 30.3 Å². The number of aryl methyl sites for hydroxylation is 1. The normalized spacial score (nSPS) is 10.4. The Labute approximate surface area is 173 Å². The van der Waals surface area contributed by atoms with E-state index in [-0.39, 0.29) is 18.2 Å². The van der Waals surface area contributed by atoms with Gasteiger partial charge in [0.15, 0.2) is 11.7 Å². The standard InChI is InChI=1S/C21H20ClN3O4/c1-13(26)24-14-7-8-18(28-2)17(11-14)25-20(27)9-10-21-23-12-19(29-21)15-5-3-4-6-16(15)22/h3-8,11-12H,9-10H2,1-2H3,(H,24,26)(H,25,27). The first-order valence-electron chi connectivity index (χ1n) is 8.91. The molecule has 0 aliphatic heterocycles. The Morgan fingerprint density at radius 3 is 2.69 bits per heavy atom. The first kappa shape index (κ1) is 20.4. The van der Waals surface area contributed by atoms with Crippen molar-refractivity contribution in [3.63, 3.8) is 0 Å². The maximum Gasteiger partial charge on any atom is 0.224 e. The molecule has 0 fully saturated rings. The van der Waals surface area contributed by atoms with Crippen molar-refractivity contribution in [3.8, 4) is 17.1 Å². The van der Waals surface area contributed by atoms with Gasteiger partial charge in [0.1, 0.15) is 5.75 Å². The predicted molar refractivity (Wildman–Crippen MR) is 111 cm³/mol. The van der Waals surface area contributed by atoms with Crippen LogP contribution in [-0.2, 0) is 16.0 Å². The van der Waals surface area contributed by atoms with Crippen molar-refractivity contribution >= 4 is 34.8 Å². The smallest absolute Gasteiger partial charge is 0.224 e. The van der Waals surface area contributed by atoms with E-state index >= 15 is 0 Å². The van der Waals surface area contributed by atoms with Crippen LogP contribution in [0.3, 0.4) is 0 Å². The number of benzene rings is 2. The summed E-state index contributed by atoms with van der Waals surface area (Å²) in [5.41, 5.74) is 1.77. The number of hydrogen-bond donors (Lipinski definition) is 2. The maximum absolute atomic E-state index is 12.4. The van der Waals surface area contributed by atoms with Gasteiger partial charge in [0.25, 0.3) is 0 Å². The summed E-state index contributed by atoms with van der Waals surface area (Å²) in [4.78, 5) is 27.8. The van der Waals surface area contributed by atoms with E-state index in [0.29, 0.717) is 40.2 Å². The van der Waals surface area contributed by atoms with Crippen molar-refractivity contribution < 1.29 is 18.7 Å². The molecular formula is C21H20ClN3O4. The second-order valence-electron chi connectivity index (χ2n) is 6.24. The van der Waals surface area contributed by atoms with Gasteiger partial charge >= 0.3 is 0 Å². The van der Waals surface area contributed by atoms with Crippen LogP contribution in [0, 0.1) is 0 Å². The van der Waals surface area contributed by atoms with E-state index in [1.54, 1.807) is 30.5 Å². The molecule has 7 nitrogen and oxygen atoms in total. The molecule has 3 rings (SSSR count). The number of nitrogens with zero attached hydrogens (tertiary/aromatic N) is 1. The monoisotopic (exact) mass is 413 g/mol. The second kappa shape index (κ2) is 9.25. The van der Waals surface area contributed by atoms with Crippen LogP contribution in [0.15, 0.2) is 53.1 Å². The molecule has 3 aromatic rings. The first-order valence-corrected chi connectivity index (χ1v) is 9.29. The van der Waals surface area contributed by atoms with E-state index in [1.165, 1.54) is 14.0 Å². The van der Waals surface area contributed by atoms with Gasteiger partial charge in [-0.2, -0.15) is 0 Å². The van der Waals surface area contributed by atoms with Gasteiger partial charge in [-0.25, -0.2) is 4.98 Å². The van der Waals surface area contributed by atoms with E-state index < -0.39 is 0 Å². The summed E-state index contributed by atoms with van der Waals surface area (Å²) in [6, 6.07) is 12.3. The SMILES string of the molecule is COc1ccc(NC(C)=O)cc1NC(=O)CCc1ncc(-c2ccccc2Cl)o1. The maximum atomic E-state index is 12.4. The van der Waals surface area contributed by atoms with Crippen molar-refractivity contribution in [2.75, 3.05) is 17.7 Å². The molecule has 0 aliphatic carbocycles. The Bertz CT molecular complexity index is 1030. The predicted octanol–water partition coefficient (Wildman–Crippen LogP) is 4.53. The number of hydrogen-bond acceptors (Lipinski definition) is 5. The average Bonchev–Trinajstić information content (AvgIpc) is 3.15. The van der Waals surface area contributed by atoms with Crippen molar-refractivity contribution in [1.29, 1.82) is 0 Å². The molecule has 1 heterocycles. The largest absolute Gasteiger partial charge is 0.495 e. The van der Waals surface area contributed by atoms with E-state index in [0.717, 1.165) is 5.56 Å². The highest BCUT2D eigenvalue weighted by Gasteiger charge is 2.13. The molecule has 2 N–H and O–H groups in total. The van der Waals surface area contributed by atoms with E-state index in [4.69, 9.17) is 20.8 Å². The number of carbonyl (C=O) groups excluding carboxylic acids is 2. The van der Waals surface area contributed by atoms with Crippen LogP contribution in [-0.4, -0.2) is 23.9 Å². The highest BCUT2D eigenvalue weighted by Crippen LogP contribution is 2.29. The van der Waals surface area contributed by atoms with Crippen LogP contribution in [0.5, 0.6) is 5.75 Å². The molecule has 2 aromatic carbocycles. The number of amides is 2. The number of anilines is 2. The third kappa shape index (κ3) is 5.36. The highest BCUT2D eigenvalue weighted by atomic mass is 35.5. The fourth-order valence-electron chi connectivity index (χ4n) is 2.73. The molecule has 8 heteroatoms. The van der Waals surface area contributed by atoms with Crippen molar-refractivity contribution in [2.45, 2.75) is 19.8 Å². The molecule has 29 heavy (non-hydrogen) atoms. The average molecular weight is 414 g/mol. The summed E-state index contributed by atoms with van der Waals surface area (Å²) in [5.74, 6) is 1.04. The van der Waals surface area contributed by atoms with Gasteiger partial charge in [0.05, 0.1) is 24.0 Å². The van der Waals surface area contributed by atoms with Crippen molar-refractivity contribution in [1.82, 2.24) is 4.98 Å². The molecule has 0 aliphatic rings. The van der Waals surface area contributed by atoms with E-state index in [9.17, 15) is 9.59 Å². The topological polar surface area (TPSA) is 93.5 Å². The number of rotatable bonds is 7. The number of nitrogens with one attached hydrogen (secondary N) is 2. The number of methoxy groups -OCH3 is 1. The quantitative estimate of drug-likeness (QED) is 0.593. The fourth-order valence-corrected chi connectivity index (χ4v) is 2.96. The van der Waals surface area contributed by atoms with Crippen LogP contribution in [0.1, 0.15) is 19.2 Å². The fraction of sp³-hybridized carbons (Fsp3) is 0.190. The lowest BCUT2D eigenvalue weighted by atomic mass is 10.2. The lowest BCUT2D eigenvalue weighted by Gasteiger charge is -2.12. The number of carbonyl (C=O) groups is 2. The minimum Gasteiger partial charge on any atom is -0.495 e. The summed E-state index contributed by atoms with van der Waals surface area (Å²) in [6.07, 6.45) is 2.08. The van der Waals surface area contributed by atoms with Gasteiger partial charge in [0, 0.05) is 31.0 Å². The third-order valence-corrected chi connectivity index (χ3v) is 4.38. The molecular weight excluding hydrogens is 394 g/mol. The summed E-state index contributed by atoms with van der Waals surface area (Å²) < 4.78 is 11.0. The Hall–Kier alpha value is -3.32.